The summed E-state index contributed by atoms with van der Waals surface area (Å²) in [5, 5.41) is 11.1. The van der Waals surface area contributed by atoms with E-state index in [2.05, 4.69) is 27.3 Å². The van der Waals surface area contributed by atoms with Crippen LogP contribution in [0.5, 0.6) is 0 Å². The number of carbonyl (C=O) groups excluding carboxylic acids is 1. The lowest BCUT2D eigenvalue weighted by atomic mass is 9.83. The molecule has 1 amide bonds. The SMILES string of the molecule is CCSc1nnc(NC(=O)[C@H](C)SC(=S)N2C[C@H]3C[C@@H](C2)c2cccc(=O)n2C3)s1. The Balaban J connectivity index is 1.36. The van der Waals surface area contributed by atoms with Crippen LogP contribution in [0.15, 0.2) is 27.3 Å². The molecule has 1 saturated heterocycles. The predicted molar refractivity (Wildman–Crippen MR) is 128 cm³/mol. The Morgan fingerprint density at radius 3 is 3.00 bits per heavy atom. The Labute approximate surface area is 193 Å². The van der Waals surface area contributed by atoms with Crippen molar-refractivity contribution < 1.29 is 4.79 Å². The van der Waals surface area contributed by atoms with Gasteiger partial charge in [-0.25, -0.2) is 0 Å². The molecule has 2 aliphatic heterocycles. The fourth-order valence-corrected chi connectivity index (χ4v) is 6.97. The topological polar surface area (TPSA) is 80.1 Å². The number of anilines is 1. The third kappa shape index (κ3) is 4.74. The summed E-state index contributed by atoms with van der Waals surface area (Å²) in [7, 11) is 0. The van der Waals surface area contributed by atoms with E-state index in [4.69, 9.17) is 12.2 Å². The van der Waals surface area contributed by atoms with Gasteiger partial charge < -0.3 is 9.47 Å². The molecule has 2 bridgehead atoms. The van der Waals surface area contributed by atoms with Crippen LogP contribution in [0, 0.1) is 5.92 Å². The lowest BCUT2D eigenvalue weighted by Gasteiger charge is -2.43. The van der Waals surface area contributed by atoms with Crippen LogP contribution in [-0.4, -0.2) is 54.0 Å². The van der Waals surface area contributed by atoms with E-state index in [9.17, 15) is 9.59 Å². The van der Waals surface area contributed by atoms with Crippen molar-refractivity contribution in [1.82, 2.24) is 19.7 Å². The number of hydrogen-bond donors (Lipinski definition) is 1. The first-order valence-corrected chi connectivity index (χ1v) is 13.0. The highest BCUT2D eigenvalue weighted by atomic mass is 32.2. The lowest BCUT2D eigenvalue weighted by molar-refractivity contribution is -0.115. The van der Waals surface area contributed by atoms with E-state index in [1.54, 1.807) is 17.8 Å². The highest BCUT2D eigenvalue weighted by molar-refractivity contribution is 8.23. The van der Waals surface area contributed by atoms with Crippen LogP contribution in [0.1, 0.15) is 31.9 Å². The molecule has 7 nitrogen and oxygen atoms in total. The van der Waals surface area contributed by atoms with Crippen LogP contribution >= 0.6 is 47.1 Å². The molecule has 0 saturated carbocycles. The smallest absolute Gasteiger partial charge is 0.250 e. The summed E-state index contributed by atoms with van der Waals surface area (Å²) in [6.45, 7) is 6.25. The van der Waals surface area contributed by atoms with E-state index < -0.39 is 0 Å². The summed E-state index contributed by atoms with van der Waals surface area (Å²) in [5.74, 6) is 1.49. The largest absolute Gasteiger partial charge is 0.356 e. The summed E-state index contributed by atoms with van der Waals surface area (Å²) >= 11 is 10.1. The second-order valence-electron chi connectivity index (χ2n) is 7.42. The summed E-state index contributed by atoms with van der Waals surface area (Å²) < 4.78 is 3.50. The second kappa shape index (κ2) is 9.37. The number of hydrogen-bond acceptors (Lipinski definition) is 8. The van der Waals surface area contributed by atoms with Crippen molar-refractivity contribution in [3.63, 3.8) is 0 Å². The zero-order chi connectivity index (χ0) is 21.3. The van der Waals surface area contributed by atoms with Crippen molar-refractivity contribution in [1.29, 1.82) is 0 Å². The van der Waals surface area contributed by atoms with E-state index >= 15 is 0 Å². The molecule has 2 aliphatic rings. The Morgan fingerprint density at radius 1 is 1.37 bits per heavy atom. The maximum Gasteiger partial charge on any atom is 0.250 e. The fraction of sp³-hybridized carbons (Fsp3) is 0.526. The third-order valence-electron chi connectivity index (χ3n) is 5.29. The van der Waals surface area contributed by atoms with Gasteiger partial charge in [0.1, 0.15) is 4.32 Å². The van der Waals surface area contributed by atoms with Crippen molar-refractivity contribution in [2.24, 2.45) is 5.92 Å². The first kappa shape index (κ1) is 21.8. The third-order valence-corrected chi connectivity index (χ3v) is 8.72. The summed E-state index contributed by atoms with van der Waals surface area (Å²) in [6, 6.07) is 5.51. The zero-order valence-electron chi connectivity index (χ0n) is 16.7. The van der Waals surface area contributed by atoms with Gasteiger partial charge in [0.2, 0.25) is 11.0 Å². The van der Waals surface area contributed by atoms with Gasteiger partial charge in [0.05, 0.1) is 5.25 Å². The molecule has 160 valence electrons. The quantitative estimate of drug-likeness (QED) is 0.396. The number of nitrogens with zero attached hydrogens (tertiary/aromatic N) is 4. The van der Waals surface area contributed by atoms with Crippen LogP contribution in [0.2, 0.25) is 0 Å². The highest BCUT2D eigenvalue weighted by Crippen LogP contribution is 2.36. The van der Waals surface area contributed by atoms with E-state index in [1.807, 2.05) is 23.6 Å². The number of likely N-dealkylation sites (tertiary alicyclic amines) is 1. The van der Waals surface area contributed by atoms with Crippen LogP contribution in [0.25, 0.3) is 0 Å². The van der Waals surface area contributed by atoms with Gasteiger partial charge >= 0.3 is 0 Å². The molecule has 0 radical (unpaired) electrons. The van der Waals surface area contributed by atoms with Crippen molar-refractivity contribution in [3.05, 3.63) is 34.2 Å². The van der Waals surface area contributed by atoms with Crippen LogP contribution in [0.3, 0.4) is 0 Å². The molecule has 0 spiro atoms. The molecule has 2 aromatic rings. The minimum atomic E-state index is -0.333. The van der Waals surface area contributed by atoms with Gasteiger partial charge in [-0.05, 0) is 31.1 Å². The van der Waals surface area contributed by atoms with Gasteiger partial charge in [0, 0.05) is 37.3 Å². The second-order valence-corrected chi connectivity index (χ2v) is 11.9. The number of carbonyl (C=O) groups is 1. The maximum absolute atomic E-state index is 12.6. The number of amides is 1. The lowest BCUT2D eigenvalue weighted by Crippen LogP contribution is -2.48. The van der Waals surface area contributed by atoms with Gasteiger partial charge in [0.15, 0.2) is 4.34 Å². The molecule has 0 aliphatic carbocycles. The normalized spacial score (nSPS) is 21.1. The Morgan fingerprint density at radius 2 is 2.20 bits per heavy atom. The molecule has 11 heteroatoms. The molecule has 30 heavy (non-hydrogen) atoms. The molecular formula is C19H23N5O2S4. The number of thioether (sulfide) groups is 2. The average molecular weight is 482 g/mol. The Kier molecular flexibility index (Phi) is 6.81. The summed E-state index contributed by atoms with van der Waals surface area (Å²) in [6.07, 6.45) is 1.08. The fourth-order valence-electron chi connectivity index (χ4n) is 3.97. The van der Waals surface area contributed by atoms with E-state index in [0.717, 1.165) is 46.2 Å². The molecule has 4 rings (SSSR count). The minimum absolute atomic E-state index is 0.0788. The standard InChI is InChI=1S/C19H23N5O2S4/c1-3-28-18-22-21-17(30-18)20-16(26)11(2)29-19(27)23-8-12-7-13(10-23)14-5-4-6-15(25)24(14)9-12/h4-6,11-13H,3,7-10H2,1-2H3,(H,20,21,26)/t11-,12+,13-/m0/s1. The van der Waals surface area contributed by atoms with Gasteiger partial charge in [-0.1, -0.05) is 60.1 Å². The molecule has 4 heterocycles. The molecule has 2 aromatic heterocycles. The monoisotopic (exact) mass is 481 g/mol. The number of piperidine rings is 1. The molecule has 1 fully saturated rings. The number of nitrogens with one attached hydrogen (secondary N) is 1. The number of pyridine rings is 1. The van der Waals surface area contributed by atoms with Gasteiger partial charge in [-0.15, -0.1) is 10.2 Å². The van der Waals surface area contributed by atoms with Crippen molar-refractivity contribution in [2.45, 2.75) is 42.3 Å². The van der Waals surface area contributed by atoms with Crippen molar-refractivity contribution in [2.75, 3.05) is 24.2 Å². The van der Waals surface area contributed by atoms with Crippen LogP contribution in [0.4, 0.5) is 5.13 Å². The molecular weight excluding hydrogens is 459 g/mol. The number of thiocarbonyl (C=S) groups is 1. The Hall–Kier alpha value is -1.43. The molecule has 0 unspecified atom stereocenters. The molecule has 3 atom stereocenters. The van der Waals surface area contributed by atoms with Crippen molar-refractivity contribution >= 4 is 62.4 Å². The number of rotatable bonds is 5. The first-order chi connectivity index (χ1) is 14.4. The first-order valence-electron chi connectivity index (χ1n) is 9.87. The van der Waals surface area contributed by atoms with Crippen molar-refractivity contribution in [3.8, 4) is 0 Å². The average Bonchev–Trinajstić information content (AvgIpc) is 3.15. The van der Waals surface area contributed by atoms with Gasteiger partial charge in [0.25, 0.3) is 5.56 Å². The summed E-state index contributed by atoms with van der Waals surface area (Å²) in [4.78, 5) is 27.0. The molecule has 0 aromatic carbocycles. The predicted octanol–water partition coefficient (Wildman–Crippen LogP) is 3.28. The molecule has 1 N–H and O–H groups in total. The van der Waals surface area contributed by atoms with E-state index in [1.165, 1.54) is 23.1 Å². The van der Waals surface area contributed by atoms with Gasteiger partial charge in [-0.2, -0.15) is 0 Å². The summed E-state index contributed by atoms with van der Waals surface area (Å²) in [5.41, 5.74) is 1.18. The number of aromatic nitrogens is 3. The Bertz CT molecular complexity index is 1010. The van der Waals surface area contributed by atoms with E-state index in [0.29, 0.717) is 17.0 Å². The van der Waals surface area contributed by atoms with Crippen LogP contribution in [-0.2, 0) is 11.3 Å². The van der Waals surface area contributed by atoms with Crippen LogP contribution < -0.4 is 10.9 Å². The highest BCUT2D eigenvalue weighted by Gasteiger charge is 2.36. The van der Waals surface area contributed by atoms with Gasteiger partial charge in [-0.3, -0.25) is 14.9 Å². The van der Waals surface area contributed by atoms with E-state index in [-0.39, 0.29) is 16.7 Å². The zero-order valence-corrected chi connectivity index (χ0v) is 20.0. The number of fused-ring (bicyclic) bond motifs is 4. The maximum atomic E-state index is 12.6. The minimum Gasteiger partial charge on any atom is -0.356 e.